The highest BCUT2D eigenvalue weighted by Gasteiger charge is 2.38. The molecule has 2 aliphatic rings. The maximum absolute atomic E-state index is 13.9. The van der Waals surface area contributed by atoms with Crippen LogP contribution in [-0.2, 0) is 9.59 Å². The number of nitrogens with zero attached hydrogens (tertiary/aromatic N) is 3. The molecule has 216 valence electrons. The smallest absolute Gasteiger partial charge is 0.240 e. The molecule has 4 aromatic rings. The number of hydrogen-bond donors (Lipinski definition) is 1. The molecule has 0 aliphatic carbocycles. The Labute approximate surface area is 248 Å². The van der Waals surface area contributed by atoms with Crippen molar-refractivity contribution in [2.24, 2.45) is 0 Å². The number of carbonyl (C=O) groups is 2. The second kappa shape index (κ2) is 11.8. The number of ether oxygens (including phenoxy) is 3. The van der Waals surface area contributed by atoms with E-state index in [0.717, 1.165) is 34.5 Å². The number of methoxy groups -OCH3 is 1. The van der Waals surface area contributed by atoms with Crippen LogP contribution >= 0.6 is 11.8 Å². The van der Waals surface area contributed by atoms with Gasteiger partial charge in [0.15, 0.2) is 11.5 Å². The Hall–Kier alpha value is -4.44. The van der Waals surface area contributed by atoms with Crippen LogP contribution in [0, 0.1) is 0 Å². The van der Waals surface area contributed by atoms with Crippen molar-refractivity contribution < 1.29 is 23.8 Å². The number of fused-ring (bicyclic) bond motifs is 2. The monoisotopic (exact) mass is 584 g/mol. The van der Waals surface area contributed by atoms with E-state index in [1.807, 2.05) is 86.6 Å². The number of hydrogen-bond acceptors (Lipinski definition) is 7. The van der Waals surface area contributed by atoms with Crippen molar-refractivity contribution in [3.63, 3.8) is 0 Å². The van der Waals surface area contributed by atoms with Gasteiger partial charge in [-0.05, 0) is 55.3 Å². The average molecular weight is 585 g/mol. The Kier molecular flexibility index (Phi) is 7.80. The molecule has 6 rings (SSSR count). The summed E-state index contributed by atoms with van der Waals surface area (Å²) in [5.41, 5.74) is 4.19. The third kappa shape index (κ3) is 5.30. The topological polar surface area (TPSA) is 94.9 Å². The summed E-state index contributed by atoms with van der Waals surface area (Å²) in [5, 5.41) is 7.87. The minimum absolute atomic E-state index is 0.0128. The predicted molar refractivity (Wildman–Crippen MR) is 163 cm³/mol. The van der Waals surface area contributed by atoms with Crippen LogP contribution in [0.4, 0.5) is 5.82 Å². The van der Waals surface area contributed by atoms with Crippen molar-refractivity contribution in [1.29, 1.82) is 0 Å². The van der Waals surface area contributed by atoms with Crippen LogP contribution in [0.3, 0.4) is 0 Å². The van der Waals surface area contributed by atoms with Gasteiger partial charge in [0.2, 0.25) is 18.6 Å². The first-order valence-corrected chi connectivity index (χ1v) is 14.9. The predicted octanol–water partition coefficient (Wildman–Crippen LogP) is 5.36. The van der Waals surface area contributed by atoms with Crippen LogP contribution in [0.25, 0.3) is 16.9 Å². The van der Waals surface area contributed by atoms with E-state index < -0.39 is 0 Å². The van der Waals surface area contributed by atoms with E-state index in [1.165, 1.54) is 11.8 Å². The van der Waals surface area contributed by atoms with E-state index >= 15 is 0 Å². The zero-order chi connectivity index (χ0) is 29.2. The van der Waals surface area contributed by atoms with Crippen LogP contribution in [0.1, 0.15) is 36.6 Å². The van der Waals surface area contributed by atoms with Gasteiger partial charge in [-0.2, -0.15) is 5.10 Å². The highest BCUT2D eigenvalue weighted by atomic mass is 32.2. The SMILES string of the molecule is CC[C@@H](C)NC(=O)CN1C(=O)CS[C@@H](c2ccc3c(c2)OCO3)c2c(-c3ccccc3)nn(-c3ccc(OC)cc3)c21. The first-order chi connectivity index (χ1) is 20.5. The zero-order valence-corrected chi connectivity index (χ0v) is 24.5. The van der Waals surface area contributed by atoms with E-state index in [2.05, 4.69) is 5.32 Å². The lowest BCUT2D eigenvalue weighted by Crippen LogP contribution is -2.44. The molecule has 3 aromatic carbocycles. The standard InChI is InChI=1S/C32H32N4O5S/c1-4-20(2)33-27(37)17-35-28(38)18-42-31(22-10-15-25-26(16-22)41-19-40-25)29-30(21-8-6-5-7-9-21)34-36(32(29)35)23-11-13-24(39-3)14-12-23/h5-16,20,31H,4,17-19H2,1-3H3,(H,33,37)/t20-,31+/m1/s1. The molecule has 0 saturated carbocycles. The van der Waals surface area contributed by atoms with E-state index in [1.54, 1.807) is 16.7 Å². The lowest BCUT2D eigenvalue weighted by Gasteiger charge is -2.24. The van der Waals surface area contributed by atoms with Crippen molar-refractivity contribution >= 4 is 29.4 Å². The van der Waals surface area contributed by atoms with Gasteiger partial charge in [-0.25, -0.2) is 4.68 Å². The number of rotatable bonds is 8. The fraction of sp³-hybridized carbons (Fsp3) is 0.281. The molecule has 10 heteroatoms. The van der Waals surface area contributed by atoms with Gasteiger partial charge < -0.3 is 19.5 Å². The van der Waals surface area contributed by atoms with E-state index in [0.29, 0.717) is 23.1 Å². The molecular formula is C32H32N4O5S. The normalized spacial score (nSPS) is 16.5. The van der Waals surface area contributed by atoms with Crippen LogP contribution < -0.4 is 24.4 Å². The first-order valence-electron chi connectivity index (χ1n) is 13.9. The minimum Gasteiger partial charge on any atom is -0.497 e. The molecule has 0 unspecified atom stereocenters. The number of amides is 2. The van der Waals surface area contributed by atoms with Crippen molar-refractivity contribution in [2.45, 2.75) is 31.6 Å². The molecule has 0 fully saturated rings. The summed E-state index contributed by atoms with van der Waals surface area (Å²) < 4.78 is 18.4. The second-order valence-corrected chi connectivity index (χ2v) is 11.3. The maximum atomic E-state index is 13.9. The Morgan fingerprint density at radius 3 is 2.60 bits per heavy atom. The van der Waals surface area contributed by atoms with Gasteiger partial charge in [-0.3, -0.25) is 14.5 Å². The molecule has 0 radical (unpaired) electrons. The van der Waals surface area contributed by atoms with Gasteiger partial charge in [-0.15, -0.1) is 11.8 Å². The number of carbonyl (C=O) groups excluding carboxylic acids is 2. The van der Waals surface area contributed by atoms with Gasteiger partial charge in [0.1, 0.15) is 18.1 Å². The van der Waals surface area contributed by atoms with Crippen LogP contribution in [0.2, 0.25) is 0 Å². The maximum Gasteiger partial charge on any atom is 0.240 e. The van der Waals surface area contributed by atoms with Gasteiger partial charge in [0, 0.05) is 17.2 Å². The number of thioether (sulfide) groups is 1. The molecule has 9 nitrogen and oxygen atoms in total. The van der Waals surface area contributed by atoms with E-state index in [9.17, 15) is 9.59 Å². The summed E-state index contributed by atoms with van der Waals surface area (Å²) in [5.74, 6) is 2.41. The summed E-state index contributed by atoms with van der Waals surface area (Å²) in [6, 6.07) is 23.3. The van der Waals surface area contributed by atoms with Gasteiger partial charge in [-0.1, -0.05) is 43.3 Å². The largest absolute Gasteiger partial charge is 0.497 e. The molecule has 42 heavy (non-hydrogen) atoms. The van der Waals surface area contributed by atoms with Crippen molar-refractivity contribution in [1.82, 2.24) is 15.1 Å². The molecule has 1 N–H and O–H groups in total. The Morgan fingerprint density at radius 2 is 1.86 bits per heavy atom. The van der Waals surface area contributed by atoms with Gasteiger partial charge in [0.25, 0.3) is 0 Å². The van der Waals surface area contributed by atoms with Crippen LogP contribution in [-0.4, -0.2) is 53.8 Å². The van der Waals surface area contributed by atoms with Crippen molar-refractivity contribution in [3.8, 4) is 34.2 Å². The Bertz CT molecular complexity index is 1610. The molecule has 2 amide bonds. The second-order valence-electron chi connectivity index (χ2n) is 10.2. The number of anilines is 1. The highest BCUT2D eigenvalue weighted by Crippen LogP contribution is 2.50. The van der Waals surface area contributed by atoms with Crippen molar-refractivity contribution in [2.75, 3.05) is 31.1 Å². The van der Waals surface area contributed by atoms with Gasteiger partial charge >= 0.3 is 0 Å². The molecule has 2 atom stereocenters. The molecule has 1 aromatic heterocycles. The third-order valence-electron chi connectivity index (χ3n) is 7.47. The lowest BCUT2D eigenvalue weighted by atomic mass is 9.99. The molecule has 0 saturated heterocycles. The summed E-state index contributed by atoms with van der Waals surface area (Å²) in [4.78, 5) is 28.7. The molecule has 3 heterocycles. The highest BCUT2D eigenvalue weighted by molar-refractivity contribution is 8.00. The number of nitrogens with one attached hydrogen (secondary N) is 1. The van der Waals surface area contributed by atoms with Crippen LogP contribution in [0.15, 0.2) is 72.8 Å². The van der Waals surface area contributed by atoms with E-state index in [-0.39, 0.29) is 42.2 Å². The fourth-order valence-electron chi connectivity index (χ4n) is 5.14. The fourth-order valence-corrected chi connectivity index (χ4v) is 6.33. The number of benzene rings is 3. The first kappa shape index (κ1) is 27.7. The van der Waals surface area contributed by atoms with Gasteiger partial charge in [0.05, 0.1) is 29.5 Å². The lowest BCUT2D eigenvalue weighted by molar-refractivity contribution is -0.123. The Balaban J connectivity index is 1.58. The zero-order valence-electron chi connectivity index (χ0n) is 23.7. The molecular weight excluding hydrogens is 552 g/mol. The van der Waals surface area contributed by atoms with Crippen molar-refractivity contribution in [3.05, 3.63) is 83.9 Å². The summed E-state index contributed by atoms with van der Waals surface area (Å²) in [6.45, 7) is 4.01. The molecule has 0 bridgehead atoms. The summed E-state index contributed by atoms with van der Waals surface area (Å²) in [7, 11) is 1.62. The quantitative estimate of drug-likeness (QED) is 0.298. The molecule has 2 aliphatic heterocycles. The summed E-state index contributed by atoms with van der Waals surface area (Å²) in [6.07, 6.45) is 0.787. The Morgan fingerprint density at radius 1 is 1.10 bits per heavy atom. The minimum atomic E-state index is -0.275. The van der Waals surface area contributed by atoms with E-state index in [4.69, 9.17) is 19.3 Å². The van der Waals surface area contributed by atoms with Crippen LogP contribution in [0.5, 0.6) is 17.2 Å². The number of aromatic nitrogens is 2. The average Bonchev–Trinajstić information content (AvgIpc) is 3.62. The third-order valence-corrected chi connectivity index (χ3v) is 8.73. The molecule has 0 spiro atoms. The summed E-state index contributed by atoms with van der Waals surface area (Å²) >= 11 is 1.51.